The molecule has 0 aliphatic heterocycles. The van der Waals surface area contributed by atoms with Crippen molar-refractivity contribution < 1.29 is 0 Å². The molecular formula is C4H5Cl2N3. The van der Waals surface area contributed by atoms with Crippen LogP contribution in [-0.4, -0.2) is 15.2 Å². The van der Waals surface area contributed by atoms with Gasteiger partial charge in [0.25, 0.3) is 0 Å². The average molecular weight is 166 g/mol. The Morgan fingerprint density at radius 1 is 1.33 bits per heavy atom. The van der Waals surface area contributed by atoms with Crippen LogP contribution >= 0.6 is 23.2 Å². The maximum atomic E-state index is 5.42. The van der Waals surface area contributed by atoms with Crippen LogP contribution in [0.3, 0.4) is 0 Å². The zero-order valence-corrected chi connectivity index (χ0v) is 6.08. The third-order valence-electron chi connectivity index (χ3n) is 0.824. The summed E-state index contributed by atoms with van der Waals surface area (Å²) in [5.41, 5.74) is 0. The molecule has 50 valence electrons. The highest BCUT2D eigenvalue weighted by Gasteiger charge is 1.97. The molecule has 0 aliphatic carbocycles. The summed E-state index contributed by atoms with van der Waals surface area (Å²) >= 11 is 10.8. The summed E-state index contributed by atoms with van der Waals surface area (Å²) in [5.74, 6) is 1.93. The molecule has 1 aromatic rings. The van der Waals surface area contributed by atoms with Crippen molar-refractivity contribution in [2.75, 3.05) is 0 Å². The second-order valence-electron chi connectivity index (χ2n) is 1.47. The fourth-order valence-electron chi connectivity index (χ4n) is 0.454. The lowest BCUT2D eigenvalue weighted by molar-refractivity contribution is 1.00. The maximum absolute atomic E-state index is 5.42. The number of halogens is 2. The van der Waals surface area contributed by atoms with Crippen molar-refractivity contribution in [3.05, 3.63) is 11.6 Å². The quantitative estimate of drug-likeness (QED) is 0.672. The van der Waals surface area contributed by atoms with E-state index >= 15 is 0 Å². The van der Waals surface area contributed by atoms with Gasteiger partial charge in [0.1, 0.15) is 5.82 Å². The Labute approximate surface area is 62.4 Å². The minimum Gasteiger partial charge on any atom is -0.262 e. The van der Waals surface area contributed by atoms with E-state index in [2.05, 4.69) is 15.2 Å². The van der Waals surface area contributed by atoms with Crippen molar-refractivity contribution >= 4 is 23.2 Å². The molecule has 1 rings (SSSR count). The van der Waals surface area contributed by atoms with Crippen LogP contribution in [0.25, 0.3) is 0 Å². The second kappa shape index (κ2) is 3.03. The Bertz CT molecular complexity index is 167. The van der Waals surface area contributed by atoms with Crippen LogP contribution in [0.2, 0.25) is 0 Å². The van der Waals surface area contributed by atoms with Gasteiger partial charge >= 0.3 is 0 Å². The first-order valence-electron chi connectivity index (χ1n) is 2.39. The topological polar surface area (TPSA) is 41.6 Å². The monoisotopic (exact) mass is 165 g/mol. The first kappa shape index (κ1) is 6.83. The molecule has 0 amide bonds. The van der Waals surface area contributed by atoms with Gasteiger partial charge < -0.3 is 0 Å². The van der Waals surface area contributed by atoms with Gasteiger partial charge in [0.2, 0.25) is 0 Å². The third-order valence-corrected chi connectivity index (χ3v) is 1.32. The lowest BCUT2D eigenvalue weighted by Gasteiger charge is -1.78. The Morgan fingerprint density at radius 2 is 2.11 bits per heavy atom. The minimum atomic E-state index is 0.327. The molecule has 0 atom stereocenters. The van der Waals surface area contributed by atoms with E-state index in [-0.39, 0.29) is 0 Å². The van der Waals surface area contributed by atoms with Crippen molar-refractivity contribution in [3.63, 3.8) is 0 Å². The minimum absolute atomic E-state index is 0.327. The number of H-pyrrole nitrogens is 1. The average Bonchev–Trinajstić information content (AvgIpc) is 2.34. The smallest absolute Gasteiger partial charge is 0.165 e. The van der Waals surface area contributed by atoms with E-state index in [0.29, 0.717) is 23.4 Å². The molecule has 0 aliphatic rings. The summed E-state index contributed by atoms with van der Waals surface area (Å²) in [6, 6.07) is 0. The second-order valence-corrected chi connectivity index (χ2v) is 2.00. The Balaban J connectivity index is 2.74. The summed E-state index contributed by atoms with van der Waals surface area (Å²) in [6.07, 6.45) is 0. The SMILES string of the molecule is ClCc1n[nH]c(CCl)n1. The van der Waals surface area contributed by atoms with E-state index in [4.69, 9.17) is 23.2 Å². The number of aromatic nitrogens is 3. The van der Waals surface area contributed by atoms with Gasteiger partial charge in [-0.2, -0.15) is 5.10 Å². The predicted octanol–water partition coefficient (Wildman–Crippen LogP) is 1.28. The van der Waals surface area contributed by atoms with Crippen LogP contribution in [0.5, 0.6) is 0 Å². The molecule has 3 nitrogen and oxygen atoms in total. The zero-order valence-electron chi connectivity index (χ0n) is 4.56. The third kappa shape index (κ3) is 1.56. The van der Waals surface area contributed by atoms with Crippen molar-refractivity contribution in [3.8, 4) is 0 Å². The van der Waals surface area contributed by atoms with Gasteiger partial charge in [0.05, 0.1) is 11.8 Å². The molecule has 5 heteroatoms. The van der Waals surface area contributed by atoms with Crippen LogP contribution in [-0.2, 0) is 11.8 Å². The van der Waals surface area contributed by atoms with Crippen molar-refractivity contribution in [2.24, 2.45) is 0 Å². The Kier molecular flexibility index (Phi) is 2.30. The number of hydrogen-bond acceptors (Lipinski definition) is 2. The van der Waals surface area contributed by atoms with Crippen molar-refractivity contribution in [1.29, 1.82) is 0 Å². The van der Waals surface area contributed by atoms with Crippen LogP contribution < -0.4 is 0 Å². The van der Waals surface area contributed by atoms with Gasteiger partial charge in [-0.1, -0.05) is 0 Å². The van der Waals surface area contributed by atoms with Crippen LogP contribution in [0, 0.1) is 0 Å². The maximum Gasteiger partial charge on any atom is 0.165 e. The molecule has 0 saturated heterocycles. The van der Waals surface area contributed by atoms with E-state index in [1.54, 1.807) is 0 Å². The summed E-state index contributed by atoms with van der Waals surface area (Å²) in [7, 11) is 0. The standard InChI is InChI=1S/C4H5Cl2N3/c5-1-3-7-4(2-6)9-8-3/h1-2H2,(H,7,8,9). The molecular weight excluding hydrogens is 161 g/mol. The van der Waals surface area contributed by atoms with Crippen LogP contribution in [0.15, 0.2) is 0 Å². The highest BCUT2D eigenvalue weighted by atomic mass is 35.5. The molecule has 0 saturated carbocycles. The molecule has 0 fully saturated rings. The summed E-state index contributed by atoms with van der Waals surface area (Å²) in [5, 5.41) is 6.38. The lowest BCUT2D eigenvalue weighted by atomic mass is 10.7. The van der Waals surface area contributed by atoms with Crippen LogP contribution in [0.1, 0.15) is 11.6 Å². The van der Waals surface area contributed by atoms with Gasteiger partial charge in [0.15, 0.2) is 5.82 Å². The van der Waals surface area contributed by atoms with E-state index in [1.807, 2.05) is 0 Å². The fraction of sp³-hybridized carbons (Fsp3) is 0.500. The number of alkyl halides is 2. The molecule has 1 heterocycles. The van der Waals surface area contributed by atoms with Gasteiger partial charge in [-0.3, -0.25) is 5.10 Å². The van der Waals surface area contributed by atoms with Gasteiger partial charge in [-0.15, -0.1) is 23.2 Å². The van der Waals surface area contributed by atoms with Crippen molar-refractivity contribution in [2.45, 2.75) is 11.8 Å². The Morgan fingerprint density at radius 3 is 2.44 bits per heavy atom. The number of nitrogens with zero attached hydrogens (tertiary/aromatic N) is 2. The molecule has 0 radical (unpaired) electrons. The normalized spacial score (nSPS) is 10.0. The highest BCUT2D eigenvalue weighted by molar-refractivity contribution is 6.17. The van der Waals surface area contributed by atoms with E-state index < -0.39 is 0 Å². The van der Waals surface area contributed by atoms with E-state index in [1.165, 1.54) is 0 Å². The molecule has 1 N–H and O–H groups in total. The summed E-state index contributed by atoms with van der Waals surface area (Å²) in [6.45, 7) is 0. The van der Waals surface area contributed by atoms with Gasteiger partial charge in [-0.05, 0) is 0 Å². The van der Waals surface area contributed by atoms with Crippen molar-refractivity contribution in [1.82, 2.24) is 15.2 Å². The summed E-state index contributed by atoms with van der Waals surface area (Å²) in [4.78, 5) is 3.92. The number of nitrogens with one attached hydrogen (secondary N) is 1. The summed E-state index contributed by atoms with van der Waals surface area (Å²) < 4.78 is 0. The highest BCUT2D eigenvalue weighted by Crippen LogP contribution is 1.98. The largest absolute Gasteiger partial charge is 0.262 e. The predicted molar refractivity (Wildman–Crippen MR) is 35.5 cm³/mol. The molecule has 0 bridgehead atoms. The number of hydrogen-bond donors (Lipinski definition) is 1. The first-order chi connectivity index (χ1) is 4.36. The Hall–Kier alpha value is -0.280. The number of rotatable bonds is 2. The van der Waals surface area contributed by atoms with Gasteiger partial charge in [-0.25, -0.2) is 4.98 Å². The first-order valence-corrected chi connectivity index (χ1v) is 3.46. The van der Waals surface area contributed by atoms with E-state index in [0.717, 1.165) is 0 Å². The molecule has 9 heavy (non-hydrogen) atoms. The molecule has 0 spiro atoms. The lowest BCUT2D eigenvalue weighted by Crippen LogP contribution is -1.80. The molecule has 0 unspecified atom stereocenters. The van der Waals surface area contributed by atoms with Crippen LogP contribution in [0.4, 0.5) is 0 Å². The number of aromatic amines is 1. The zero-order chi connectivity index (χ0) is 6.69. The van der Waals surface area contributed by atoms with E-state index in [9.17, 15) is 0 Å². The molecule has 1 aromatic heterocycles. The van der Waals surface area contributed by atoms with Gasteiger partial charge in [0, 0.05) is 0 Å². The fourth-order valence-corrected chi connectivity index (χ4v) is 0.693. The molecule has 0 aromatic carbocycles.